The second-order valence-corrected chi connectivity index (χ2v) is 9.73. The van der Waals surface area contributed by atoms with Crippen LogP contribution in [-0.4, -0.2) is 28.9 Å². The van der Waals surface area contributed by atoms with Crippen molar-refractivity contribution in [1.29, 1.82) is 0 Å². The average Bonchev–Trinajstić information content (AvgIpc) is 3.00. The number of nitrogens with zero attached hydrogens (tertiary/aromatic N) is 1. The third-order valence-corrected chi connectivity index (χ3v) is 6.11. The number of ketones is 1. The lowest BCUT2D eigenvalue weighted by Crippen LogP contribution is -2.33. The van der Waals surface area contributed by atoms with Crippen LogP contribution in [0, 0.1) is 5.92 Å². The summed E-state index contributed by atoms with van der Waals surface area (Å²) in [6.07, 6.45) is 4.19. The number of rotatable bonds is 3. The molecule has 1 fully saturated rings. The largest absolute Gasteiger partial charge is 0.507 e. The molecular formula is C26H31NO3. The maximum atomic E-state index is 12.9. The number of hydrogen-bond acceptors (Lipinski definition) is 4. The first-order valence-corrected chi connectivity index (χ1v) is 10.8. The van der Waals surface area contributed by atoms with E-state index in [1.54, 1.807) is 18.2 Å². The Morgan fingerprint density at radius 1 is 1.17 bits per heavy atom. The smallest absolute Gasteiger partial charge is 0.231 e. The molecule has 2 heterocycles. The first-order valence-electron chi connectivity index (χ1n) is 10.8. The summed E-state index contributed by atoms with van der Waals surface area (Å²) in [4.78, 5) is 15.3. The van der Waals surface area contributed by atoms with Gasteiger partial charge in [0, 0.05) is 13.1 Å². The van der Waals surface area contributed by atoms with Crippen LogP contribution in [0.25, 0.3) is 6.08 Å². The van der Waals surface area contributed by atoms with Gasteiger partial charge in [0.25, 0.3) is 0 Å². The molecule has 2 aromatic rings. The number of phenols is 1. The van der Waals surface area contributed by atoms with E-state index in [9.17, 15) is 9.90 Å². The van der Waals surface area contributed by atoms with Gasteiger partial charge in [-0.2, -0.15) is 0 Å². The van der Waals surface area contributed by atoms with E-state index < -0.39 is 0 Å². The molecular weight excluding hydrogens is 374 g/mol. The van der Waals surface area contributed by atoms with Crippen LogP contribution >= 0.6 is 0 Å². The maximum absolute atomic E-state index is 12.9. The normalized spacial score (nSPS) is 21.0. The lowest BCUT2D eigenvalue weighted by molar-refractivity contribution is 0.101. The van der Waals surface area contributed by atoms with E-state index in [4.69, 9.17) is 4.74 Å². The molecule has 158 valence electrons. The van der Waals surface area contributed by atoms with Gasteiger partial charge in [0.05, 0.1) is 11.1 Å². The zero-order valence-corrected chi connectivity index (χ0v) is 18.4. The molecule has 0 radical (unpaired) electrons. The highest BCUT2D eigenvalue weighted by molar-refractivity contribution is 6.15. The number of Topliss-reactive ketones (excluding diaryl/α,β-unsaturated/α-hetero) is 1. The van der Waals surface area contributed by atoms with Gasteiger partial charge in [0.2, 0.25) is 5.78 Å². The first kappa shape index (κ1) is 20.7. The van der Waals surface area contributed by atoms with Crippen molar-refractivity contribution in [3.05, 3.63) is 64.4 Å². The summed E-state index contributed by atoms with van der Waals surface area (Å²) in [5.41, 5.74) is 3.50. The number of piperidine rings is 1. The van der Waals surface area contributed by atoms with Gasteiger partial charge in [-0.1, -0.05) is 52.0 Å². The van der Waals surface area contributed by atoms with Gasteiger partial charge < -0.3 is 9.84 Å². The molecule has 2 aliphatic heterocycles. The minimum atomic E-state index is -0.127. The highest BCUT2D eigenvalue weighted by Crippen LogP contribution is 2.40. The molecule has 30 heavy (non-hydrogen) atoms. The van der Waals surface area contributed by atoms with Gasteiger partial charge in [-0.05, 0) is 60.1 Å². The van der Waals surface area contributed by atoms with Crippen LogP contribution in [0.4, 0.5) is 0 Å². The lowest BCUT2D eigenvalue weighted by atomic mass is 9.86. The summed E-state index contributed by atoms with van der Waals surface area (Å²) in [7, 11) is 0. The molecule has 0 saturated carbocycles. The number of carbonyl (C=O) groups is 1. The zero-order chi connectivity index (χ0) is 21.5. The number of ether oxygens (including phenoxy) is 1. The van der Waals surface area contributed by atoms with Crippen LogP contribution in [-0.2, 0) is 12.0 Å². The van der Waals surface area contributed by atoms with Gasteiger partial charge >= 0.3 is 0 Å². The minimum absolute atomic E-state index is 0.0833. The van der Waals surface area contributed by atoms with E-state index in [0.29, 0.717) is 35.1 Å². The number of aromatic hydroxyl groups is 1. The number of likely N-dealkylation sites (tertiary alicyclic amines) is 1. The molecule has 2 aliphatic rings. The van der Waals surface area contributed by atoms with Crippen molar-refractivity contribution in [3.8, 4) is 11.5 Å². The van der Waals surface area contributed by atoms with Crippen LogP contribution in [0.2, 0.25) is 0 Å². The van der Waals surface area contributed by atoms with E-state index in [1.165, 1.54) is 12.0 Å². The van der Waals surface area contributed by atoms with E-state index in [0.717, 1.165) is 25.1 Å². The number of fused-ring (bicyclic) bond motifs is 1. The number of allylic oxidation sites excluding steroid dienone is 1. The van der Waals surface area contributed by atoms with Crippen molar-refractivity contribution in [3.63, 3.8) is 0 Å². The Morgan fingerprint density at radius 3 is 2.57 bits per heavy atom. The van der Waals surface area contributed by atoms with Crippen LogP contribution in [0.15, 0.2) is 42.2 Å². The molecule has 1 atom stereocenters. The van der Waals surface area contributed by atoms with Crippen molar-refractivity contribution in [2.75, 3.05) is 13.1 Å². The van der Waals surface area contributed by atoms with Crippen LogP contribution < -0.4 is 4.74 Å². The molecule has 0 aromatic heterocycles. The van der Waals surface area contributed by atoms with Crippen molar-refractivity contribution in [2.45, 2.75) is 52.5 Å². The van der Waals surface area contributed by atoms with Crippen LogP contribution in [0.1, 0.15) is 67.6 Å². The molecule has 1 N–H and O–H groups in total. The number of benzene rings is 2. The summed E-state index contributed by atoms with van der Waals surface area (Å²) in [5.74, 6) is 1.53. The van der Waals surface area contributed by atoms with Gasteiger partial charge in [-0.3, -0.25) is 9.69 Å². The summed E-state index contributed by atoms with van der Waals surface area (Å²) in [6, 6.07) is 11.5. The molecule has 4 rings (SSSR count). The first-order chi connectivity index (χ1) is 14.2. The number of hydrogen-bond donors (Lipinski definition) is 1. The maximum Gasteiger partial charge on any atom is 0.231 e. The monoisotopic (exact) mass is 405 g/mol. The predicted molar refractivity (Wildman–Crippen MR) is 120 cm³/mol. The molecule has 1 saturated heterocycles. The summed E-state index contributed by atoms with van der Waals surface area (Å²) in [6.45, 7) is 11.4. The topological polar surface area (TPSA) is 49.8 Å². The third-order valence-electron chi connectivity index (χ3n) is 6.11. The van der Waals surface area contributed by atoms with Crippen LogP contribution in [0.5, 0.6) is 11.5 Å². The Bertz CT molecular complexity index is 983. The number of carbonyl (C=O) groups excluding carboxylic acids is 1. The van der Waals surface area contributed by atoms with E-state index >= 15 is 0 Å². The number of phenolic OH excluding ortho intramolecular Hbond substituents is 1. The molecule has 2 aromatic carbocycles. The van der Waals surface area contributed by atoms with Gasteiger partial charge in [0.1, 0.15) is 11.5 Å². The molecule has 4 heteroatoms. The highest BCUT2D eigenvalue weighted by atomic mass is 16.5. The summed E-state index contributed by atoms with van der Waals surface area (Å²) >= 11 is 0. The second kappa shape index (κ2) is 7.92. The van der Waals surface area contributed by atoms with Crippen molar-refractivity contribution in [2.24, 2.45) is 5.92 Å². The van der Waals surface area contributed by atoms with Gasteiger partial charge in [-0.25, -0.2) is 0 Å². The predicted octanol–water partition coefficient (Wildman–Crippen LogP) is 5.54. The molecule has 0 aliphatic carbocycles. The Balaban J connectivity index is 1.60. The van der Waals surface area contributed by atoms with E-state index in [-0.39, 0.29) is 16.9 Å². The van der Waals surface area contributed by atoms with Gasteiger partial charge in [0.15, 0.2) is 5.76 Å². The van der Waals surface area contributed by atoms with Crippen molar-refractivity contribution >= 4 is 11.9 Å². The Morgan fingerprint density at radius 2 is 1.90 bits per heavy atom. The minimum Gasteiger partial charge on any atom is -0.507 e. The van der Waals surface area contributed by atoms with E-state index in [1.807, 2.05) is 12.1 Å². The lowest BCUT2D eigenvalue weighted by Gasteiger charge is -2.31. The third kappa shape index (κ3) is 4.15. The fourth-order valence-electron chi connectivity index (χ4n) is 4.33. The van der Waals surface area contributed by atoms with Gasteiger partial charge in [-0.15, -0.1) is 0 Å². The molecule has 0 spiro atoms. The zero-order valence-electron chi connectivity index (χ0n) is 18.4. The molecule has 1 unspecified atom stereocenters. The Hall–Kier alpha value is -2.59. The molecule has 4 nitrogen and oxygen atoms in total. The summed E-state index contributed by atoms with van der Waals surface area (Å²) in [5, 5.41) is 10.5. The quantitative estimate of drug-likeness (QED) is 0.682. The Kier molecular flexibility index (Phi) is 5.46. The highest BCUT2D eigenvalue weighted by Gasteiger charge is 2.32. The fraction of sp³-hybridized carbons (Fsp3) is 0.423. The van der Waals surface area contributed by atoms with E-state index in [2.05, 4.69) is 44.7 Å². The SMILES string of the molecule is CC1CCCN(Cc2c(O)ccc3c2O/C(=C/c2ccc(C(C)(C)C)cc2)C3=O)C1. The van der Waals surface area contributed by atoms with Crippen molar-refractivity contribution < 1.29 is 14.6 Å². The second-order valence-electron chi connectivity index (χ2n) is 9.73. The Labute approximate surface area is 179 Å². The molecule has 0 bridgehead atoms. The summed E-state index contributed by atoms with van der Waals surface area (Å²) < 4.78 is 6.03. The molecule has 0 amide bonds. The standard InChI is InChI=1S/C26H31NO3/c1-17-6-5-13-27(15-17)16-21-22(28)12-11-20-24(29)23(30-25(20)21)14-18-7-9-19(10-8-18)26(2,3)4/h7-12,14,17,28H,5-6,13,15-16H2,1-4H3/b23-14+. The van der Waals surface area contributed by atoms with Crippen LogP contribution in [0.3, 0.4) is 0 Å². The average molecular weight is 406 g/mol. The fourth-order valence-corrected chi connectivity index (χ4v) is 4.33. The van der Waals surface area contributed by atoms with Crippen molar-refractivity contribution in [1.82, 2.24) is 4.90 Å².